The van der Waals surface area contributed by atoms with Crippen molar-refractivity contribution in [3.8, 4) is 39.5 Å². The quantitative estimate of drug-likeness (QED) is 0.118. The summed E-state index contributed by atoms with van der Waals surface area (Å²) in [5.74, 6) is 1.23. The molecule has 0 aliphatic carbocycles. The predicted octanol–water partition coefficient (Wildman–Crippen LogP) is 14.1. The number of imidazole rings is 1. The summed E-state index contributed by atoms with van der Waals surface area (Å²) in [6.45, 7) is 18.3. The average Bonchev–Trinajstić information content (AvgIpc) is 3.82. The molecule has 0 saturated heterocycles. The zero-order chi connectivity index (χ0) is 44.0. The molecule has 9 aromatic rings. The Bertz CT molecular complexity index is 3040. The summed E-state index contributed by atoms with van der Waals surface area (Å²) >= 11 is 0. The summed E-state index contributed by atoms with van der Waals surface area (Å²) in [5.41, 5.74) is 9.20. The molecule has 0 spiro atoms. The van der Waals surface area contributed by atoms with E-state index < -0.39 is 19.9 Å². The molecular formula is C53H49F3IrN4OSi-2. The molecule has 0 fully saturated rings. The van der Waals surface area contributed by atoms with Gasteiger partial charge in [-0.1, -0.05) is 125 Å². The molecule has 0 bridgehead atoms. The van der Waals surface area contributed by atoms with E-state index in [1.165, 1.54) is 22.4 Å². The first-order chi connectivity index (χ1) is 29.5. The number of alkyl halides is 3. The van der Waals surface area contributed by atoms with E-state index in [1.807, 2.05) is 60.7 Å². The van der Waals surface area contributed by atoms with Crippen LogP contribution in [0.15, 0.2) is 138 Å². The van der Waals surface area contributed by atoms with E-state index in [2.05, 4.69) is 130 Å². The van der Waals surface area contributed by atoms with Crippen LogP contribution < -0.4 is 5.19 Å². The SMILES string of the molecule is CC(C)(C)c1ccc(-n2c(-c3[c-]ccc4c3oc3nc(C(F)(F)F)ccc34)nc3ccccc32)c(-c2ccccc2)c1.CC(C)Cc1cc(-c2[c-]cccc2)ncc1[Si](C)(C)C.[Ir]. The predicted molar refractivity (Wildman–Crippen MR) is 250 cm³/mol. The molecular weight excluding hydrogens is 986 g/mol. The molecule has 5 aromatic carbocycles. The van der Waals surface area contributed by atoms with Gasteiger partial charge in [0.1, 0.15) is 5.69 Å². The molecule has 323 valence electrons. The Balaban J connectivity index is 0.000000239. The van der Waals surface area contributed by atoms with Gasteiger partial charge in [-0.3, -0.25) is 4.98 Å². The Morgan fingerprint density at radius 2 is 1.49 bits per heavy atom. The molecule has 1 radical (unpaired) electrons. The fraction of sp³-hybridized carbons (Fsp3) is 0.226. The van der Waals surface area contributed by atoms with Gasteiger partial charge in [0, 0.05) is 42.9 Å². The first-order valence-electron chi connectivity index (χ1n) is 20.9. The number of nitrogens with zero attached hydrogens (tertiary/aromatic N) is 4. The van der Waals surface area contributed by atoms with Gasteiger partial charge in [0.25, 0.3) is 0 Å². The van der Waals surface area contributed by atoms with Crippen LogP contribution in [0.1, 0.15) is 51.4 Å². The first kappa shape index (κ1) is 45.4. The van der Waals surface area contributed by atoms with Gasteiger partial charge in [-0.25, -0.2) is 4.98 Å². The standard InChI is InChI=1S/C35H25F3N3O.C18H24NSi.Ir/c1-34(2,3)22-16-18-28(26(20-22)21-10-5-4-6-11-21)41-29-15-8-7-14-27(29)39-32(41)25-13-9-12-23-24-17-19-30(35(36,37)38)40-33(24)42-31(23)25;1-14(2)11-16-12-17(15-9-7-6-8-10-15)19-13-18(16)20(3,4)5;/h4-12,14-20H,1-3H3;6-9,12-14H,11H2,1-5H3;/q2*-1;. The molecule has 0 amide bonds. The number of benzene rings is 5. The summed E-state index contributed by atoms with van der Waals surface area (Å²) in [5, 5.41) is 2.63. The van der Waals surface area contributed by atoms with Gasteiger partial charge in [-0.05, 0) is 76.2 Å². The van der Waals surface area contributed by atoms with Crippen LogP contribution in [-0.2, 0) is 38.1 Å². The fourth-order valence-corrected chi connectivity index (χ4v) is 9.50. The minimum atomic E-state index is -4.58. The molecule has 0 aliphatic heterocycles. The first-order valence-corrected chi connectivity index (χ1v) is 24.4. The average molecular weight is 1040 g/mol. The molecule has 5 nitrogen and oxygen atoms in total. The number of furan rings is 1. The minimum absolute atomic E-state index is 0. The maximum absolute atomic E-state index is 13.4. The molecule has 9 rings (SSSR count). The maximum Gasteiger partial charge on any atom is 0.433 e. The molecule has 0 unspecified atom stereocenters. The van der Waals surface area contributed by atoms with Gasteiger partial charge < -0.3 is 14.0 Å². The summed E-state index contributed by atoms with van der Waals surface area (Å²) in [4.78, 5) is 13.5. The normalized spacial score (nSPS) is 12.1. The number of pyridine rings is 2. The topological polar surface area (TPSA) is 56.7 Å². The van der Waals surface area contributed by atoms with Crippen molar-refractivity contribution in [2.24, 2.45) is 5.92 Å². The number of hydrogen-bond donors (Lipinski definition) is 0. The van der Waals surface area contributed by atoms with E-state index in [-0.39, 0.29) is 31.2 Å². The van der Waals surface area contributed by atoms with E-state index in [4.69, 9.17) is 9.40 Å². The number of fused-ring (bicyclic) bond motifs is 4. The second-order valence-corrected chi connectivity index (χ2v) is 23.2. The number of para-hydroxylation sites is 2. The van der Waals surface area contributed by atoms with Crippen molar-refractivity contribution in [3.05, 3.63) is 163 Å². The van der Waals surface area contributed by atoms with Crippen molar-refractivity contribution in [2.45, 2.75) is 72.3 Å². The van der Waals surface area contributed by atoms with Gasteiger partial charge >= 0.3 is 6.18 Å². The Morgan fingerprint density at radius 3 is 2.17 bits per heavy atom. The Hall–Kier alpha value is -5.67. The van der Waals surface area contributed by atoms with Crippen molar-refractivity contribution in [1.29, 1.82) is 0 Å². The third kappa shape index (κ3) is 9.49. The van der Waals surface area contributed by atoms with Crippen LogP contribution in [-0.4, -0.2) is 27.6 Å². The van der Waals surface area contributed by atoms with Crippen molar-refractivity contribution >= 4 is 46.4 Å². The third-order valence-corrected chi connectivity index (χ3v) is 13.0. The van der Waals surface area contributed by atoms with Crippen LogP contribution in [0.25, 0.3) is 72.6 Å². The largest absolute Gasteiger partial charge is 0.486 e. The second kappa shape index (κ2) is 17.8. The Morgan fingerprint density at radius 1 is 0.762 bits per heavy atom. The number of aromatic nitrogens is 4. The molecule has 0 saturated carbocycles. The fourth-order valence-electron chi connectivity index (χ4n) is 7.91. The molecule has 0 atom stereocenters. The molecule has 10 heteroatoms. The van der Waals surface area contributed by atoms with Crippen LogP contribution in [0.5, 0.6) is 0 Å². The van der Waals surface area contributed by atoms with Gasteiger partial charge in [0.2, 0.25) is 5.71 Å². The van der Waals surface area contributed by atoms with Gasteiger partial charge in [-0.15, -0.1) is 54.1 Å². The van der Waals surface area contributed by atoms with E-state index in [0.717, 1.165) is 51.6 Å². The zero-order valence-electron chi connectivity index (χ0n) is 36.7. The van der Waals surface area contributed by atoms with E-state index >= 15 is 0 Å². The molecule has 63 heavy (non-hydrogen) atoms. The summed E-state index contributed by atoms with van der Waals surface area (Å²) in [7, 11) is -1.34. The van der Waals surface area contributed by atoms with Crippen molar-refractivity contribution in [1.82, 2.24) is 19.5 Å². The van der Waals surface area contributed by atoms with Crippen LogP contribution in [0.4, 0.5) is 13.2 Å². The van der Waals surface area contributed by atoms with Crippen LogP contribution >= 0.6 is 0 Å². The smallest absolute Gasteiger partial charge is 0.433 e. The maximum atomic E-state index is 13.4. The Kier molecular flexibility index (Phi) is 12.8. The zero-order valence-corrected chi connectivity index (χ0v) is 40.0. The summed E-state index contributed by atoms with van der Waals surface area (Å²) in [6.07, 6.45) is -1.34. The molecule has 4 aromatic heterocycles. The van der Waals surface area contributed by atoms with Crippen LogP contribution in [0, 0.1) is 18.1 Å². The van der Waals surface area contributed by atoms with Crippen molar-refractivity contribution in [2.75, 3.05) is 0 Å². The summed E-state index contributed by atoms with van der Waals surface area (Å²) < 4.78 is 48.4. The molecule has 0 N–H and O–H groups in total. The number of hydrogen-bond acceptors (Lipinski definition) is 4. The summed E-state index contributed by atoms with van der Waals surface area (Å²) in [6, 6.07) is 47.3. The van der Waals surface area contributed by atoms with Gasteiger partial charge in [0.05, 0.1) is 30.5 Å². The molecule has 0 aliphatic rings. The number of rotatable bonds is 7. The van der Waals surface area contributed by atoms with E-state index in [9.17, 15) is 13.2 Å². The van der Waals surface area contributed by atoms with Crippen LogP contribution in [0.2, 0.25) is 19.6 Å². The third-order valence-electron chi connectivity index (χ3n) is 11.0. The van der Waals surface area contributed by atoms with Crippen molar-refractivity contribution in [3.63, 3.8) is 0 Å². The van der Waals surface area contributed by atoms with E-state index in [0.29, 0.717) is 33.7 Å². The van der Waals surface area contributed by atoms with Crippen LogP contribution in [0.3, 0.4) is 0 Å². The van der Waals surface area contributed by atoms with Crippen molar-refractivity contribution < 1.29 is 37.7 Å². The van der Waals surface area contributed by atoms with Gasteiger partial charge in [-0.2, -0.15) is 13.2 Å². The molecule has 4 heterocycles. The minimum Gasteiger partial charge on any atom is -0.486 e. The van der Waals surface area contributed by atoms with E-state index in [1.54, 1.807) is 12.1 Å². The number of halogens is 3. The second-order valence-electron chi connectivity index (χ2n) is 18.2. The monoisotopic (exact) mass is 1040 g/mol. The van der Waals surface area contributed by atoms with Gasteiger partial charge in [0.15, 0.2) is 0 Å². The Labute approximate surface area is 381 Å².